The Balaban J connectivity index is 1.78. The zero-order valence-corrected chi connectivity index (χ0v) is 24.2. The summed E-state index contributed by atoms with van der Waals surface area (Å²) in [6.45, 7) is 7.78. The second-order valence-corrected chi connectivity index (χ2v) is 10.9. The van der Waals surface area contributed by atoms with Crippen molar-refractivity contribution in [2.24, 2.45) is 11.7 Å². The molecule has 2 N–H and O–H groups in total. The number of nitrogens with zero attached hydrogens (tertiary/aromatic N) is 5. The Bertz CT molecular complexity index is 1540. The van der Waals surface area contributed by atoms with Gasteiger partial charge in [0.25, 0.3) is 5.56 Å². The molecular formula is C32H37ClN6O. The lowest BCUT2D eigenvalue weighted by atomic mass is 9.92. The Kier molecular flexibility index (Phi) is 8.52. The van der Waals surface area contributed by atoms with Crippen molar-refractivity contribution in [1.29, 1.82) is 0 Å². The summed E-state index contributed by atoms with van der Waals surface area (Å²) in [4.78, 5) is 24.4. The molecule has 0 saturated carbocycles. The Labute approximate surface area is 241 Å². The number of benzene rings is 2. The van der Waals surface area contributed by atoms with Crippen LogP contribution in [-0.2, 0) is 19.5 Å². The number of rotatable bonds is 10. The van der Waals surface area contributed by atoms with Crippen LogP contribution in [0.15, 0.2) is 71.8 Å². The number of hydrogen-bond donors (Lipinski definition) is 1. The first kappa shape index (κ1) is 27.9. The monoisotopic (exact) mass is 556 g/mol. The summed E-state index contributed by atoms with van der Waals surface area (Å²) in [5, 5.41) is 0. The highest BCUT2D eigenvalue weighted by Crippen LogP contribution is 2.35. The minimum absolute atomic E-state index is 0.0555. The molecule has 2 aromatic carbocycles. The third-order valence-electron chi connectivity index (χ3n) is 7.75. The average Bonchev–Trinajstić information content (AvgIpc) is 3.37. The predicted octanol–water partition coefficient (Wildman–Crippen LogP) is 5.93. The number of fused-ring (bicyclic) bond motifs is 1. The number of aryl methyl sites for hydroxylation is 1. The van der Waals surface area contributed by atoms with Crippen molar-refractivity contribution in [3.05, 3.63) is 111 Å². The number of hydrogen-bond acceptors (Lipinski definition) is 5. The third kappa shape index (κ3) is 5.62. The van der Waals surface area contributed by atoms with E-state index in [0.29, 0.717) is 37.3 Å². The SMILES string of the molecule is CCC(CC)C(c1nc2c(c(=O)n1Cc1ccccc1)C=CN(Cl)C2)n1cc(CCN)nc1-c1ccc(C)cc1. The molecule has 3 heterocycles. The Morgan fingerprint density at radius 1 is 1.02 bits per heavy atom. The molecule has 1 aliphatic rings. The van der Waals surface area contributed by atoms with Crippen LogP contribution in [0.2, 0.25) is 0 Å². The molecule has 4 aromatic rings. The molecule has 0 fully saturated rings. The molecule has 0 radical (unpaired) electrons. The van der Waals surface area contributed by atoms with Gasteiger partial charge in [-0.1, -0.05) is 86.8 Å². The van der Waals surface area contributed by atoms with Crippen LogP contribution in [0, 0.1) is 12.8 Å². The smallest absolute Gasteiger partial charge is 0.261 e. The molecule has 5 rings (SSSR count). The zero-order valence-electron chi connectivity index (χ0n) is 23.4. The van der Waals surface area contributed by atoms with E-state index in [4.69, 9.17) is 27.5 Å². The average molecular weight is 557 g/mol. The van der Waals surface area contributed by atoms with Gasteiger partial charge in [0.1, 0.15) is 11.6 Å². The molecule has 0 spiro atoms. The van der Waals surface area contributed by atoms with E-state index in [-0.39, 0.29) is 17.5 Å². The topological polar surface area (TPSA) is 82.0 Å². The highest BCUT2D eigenvalue weighted by molar-refractivity contribution is 6.14. The zero-order chi connectivity index (χ0) is 28.2. The summed E-state index contributed by atoms with van der Waals surface area (Å²) in [6.07, 6.45) is 8.10. The molecule has 0 bridgehead atoms. The van der Waals surface area contributed by atoms with Gasteiger partial charge >= 0.3 is 0 Å². The van der Waals surface area contributed by atoms with E-state index in [1.54, 1.807) is 16.7 Å². The van der Waals surface area contributed by atoms with Gasteiger partial charge in [-0.2, -0.15) is 0 Å². The van der Waals surface area contributed by atoms with Crippen molar-refractivity contribution in [3.8, 4) is 11.4 Å². The molecule has 40 heavy (non-hydrogen) atoms. The number of nitrogens with two attached hydrogens (primary N) is 1. The van der Waals surface area contributed by atoms with Crippen LogP contribution >= 0.6 is 11.8 Å². The van der Waals surface area contributed by atoms with Crippen molar-refractivity contribution in [2.45, 2.75) is 59.2 Å². The molecular weight excluding hydrogens is 520 g/mol. The van der Waals surface area contributed by atoms with Crippen molar-refractivity contribution in [2.75, 3.05) is 6.54 Å². The minimum atomic E-state index is -0.221. The largest absolute Gasteiger partial charge is 0.330 e. The Morgan fingerprint density at radius 2 is 1.75 bits per heavy atom. The summed E-state index contributed by atoms with van der Waals surface area (Å²) < 4.78 is 5.63. The molecule has 2 aromatic heterocycles. The molecule has 7 nitrogen and oxygen atoms in total. The number of aromatic nitrogens is 4. The third-order valence-corrected chi connectivity index (χ3v) is 7.98. The fraction of sp³-hybridized carbons (Fsp3) is 0.344. The van der Waals surface area contributed by atoms with Crippen LogP contribution in [0.4, 0.5) is 0 Å². The molecule has 0 aliphatic carbocycles. The second-order valence-electron chi connectivity index (χ2n) is 10.5. The van der Waals surface area contributed by atoms with E-state index in [2.05, 4.69) is 55.8 Å². The fourth-order valence-electron chi connectivity index (χ4n) is 5.55. The summed E-state index contributed by atoms with van der Waals surface area (Å²) in [6, 6.07) is 18.3. The van der Waals surface area contributed by atoms with Gasteiger partial charge in [-0.15, -0.1) is 0 Å². The van der Waals surface area contributed by atoms with E-state index < -0.39 is 0 Å². The van der Waals surface area contributed by atoms with E-state index in [1.807, 2.05) is 34.9 Å². The first-order valence-electron chi connectivity index (χ1n) is 14.1. The highest BCUT2D eigenvalue weighted by atomic mass is 35.5. The quantitative estimate of drug-likeness (QED) is 0.245. The van der Waals surface area contributed by atoms with Gasteiger partial charge in [0.15, 0.2) is 0 Å². The van der Waals surface area contributed by atoms with Gasteiger partial charge in [0.05, 0.1) is 36.1 Å². The molecule has 0 amide bonds. The molecule has 0 saturated heterocycles. The van der Waals surface area contributed by atoms with E-state index >= 15 is 0 Å². The van der Waals surface area contributed by atoms with Crippen LogP contribution in [-0.4, -0.2) is 30.1 Å². The molecule has 1 unspecified atom stereocenters. The summed E-state index contributed by atoms with van der Waals surface area (Å²) >= 11 is 6.36. The number of halogens is 1. The molecule has 1 atom stereocenters. The van der Waals surface area contributed by atoms with Crippen molar-refractivity contribution in [3.63, 3.8) is 0 Å². The maximum atomic E-state index is 14.1. The van der Waals surface area contributed by atoms with E-state index in [9.17, 15) is 4.79 Å². The maximum Gasteiger partial charge on any atom is 0.261 e. The Hall–Kier alpha value is -3.68. The maximum absolute atomic E-state index is 14.1. The summed E-state index contributed by atoms with van der Waals surface area (Å²) in [7, 11) is 0. The van der Waals surface area contributed by atoms with Crippen molar-refractivity contribution in [1.82, 2.24) is 23.5 Å². The molecule has 8 heteroatoms. The second kappa shape index (κ2) is 12.2. The predicted molar refractivity (Wildman–Crippen MR) is 162 cm³/mol. The Morgan fingerprint density at radius 3 is 2.42 bits per heavy atom. The lowest BCUT2D eigenvalue weighted by Gasteiger charge is -2.31. The first-order valence-corrected chi connectivity index (χ1v) is 14.4. The van der Waals surface area contributed by atoms with E-state index in [0.717, 1.165) is 41.3 Å². The van der Waals surface area contributed by atoms with Gasteiger partial charge in [-0.3, -0.25) is 13.8 Å². The first-order chi connectivity index (χ1) is 19.4. The van der Waals surface area contributed by atoms with Crippen molar-refractivity contribution >= 4 is 17.9 Å². The lowest BCUT2D eigenvalue weighted by molar-refractivity contribution is 0.330. The standard InChI is InChI=1S/C32H37ClN6O/c1-4-24(5-2)29(38-20-26(15-17-34)35-30(38)25-13-11-22(3)12-14-25)31-36-28-21-37(33)18-16-27(28)32(40)39(31)19-23-9-7-6-8-10-23/h6-14,16,18,20,24,29H,4-5,15,17,19,21,34H2,1-3H3. The van der Waals surface area contributed by atoms with Gasteiger partial charge in [-0.25, -0.2) is 9.97 Å². The van der Waals surface area contributed by atoms with Gasteiger partial charge in [0.2, 0.25) is 0 Å². The summed E-state index contributed by atoms with van der Waals surface area (Å²) in [5.74, 6) is 1.80. The van der Waals surface area contributed by atoms with Crippen LogP contribution < -0.4 is 11.3 Å². The van der Waals surface area contributed by atoms with Crippen molar-refractivity contribution < 1.29 is 0 Å². The van der Waals surface area contributed by atoms with Crippen LogP contribution in [0.5, 0.6) is 0 Å². The lowest BCUT2D eigenvalue weighted by Crippen LogP contribution is -2.36. The van der Waals surface area contributed by atoms with Gasteiger partial charge < -0.3 is 10.3 Å². The minimum Gasteiger partial charge on any atom is -0.330 e. The summed E-state index contributed by atoms with van der Waals surface area (Å²) in [5.41, 5.74) is 11.4. The van der Waals surface area contributed by atoms with Gasteiger partial charge in [0, 0.05) is 36.2 Å². The van der Waals surface area contributed by atoms with E-state index in [1.165, 1.54) is 5.56 Å². The number of imidazole rings is 1. The fourth-order valence-corrected chi connectivity index (χ4v) is 5.72. The highest BCUT2D eigenvalue weighted by Gasteiger charge is 2.32. The molecule has 1 aliphatic heterocycles. The normalized spacial score (nSPS) is 13.6. The van der Waals surface area contributed by atoms with Crippen LogP contribution in [0.1, 0.15) is 66.6 Å². The van der Waals surface area contributed by atoms with Crippen LogP contribution in [0.3, 0.4) is 0 Å². The van der Waals surface area contributed by atoms with Crippen LogP contribution in [0.25, 0.3) is 17.5 Å². The van der Waals surface area contributed by atoms with Gasteiger partial charge in [-0.05, 0) is 31.0 Å². The molecule has 208 valence electrons.